The minimum atomic E-state index is -0.415. The van der Waals surface area contributed by atoms with Gasteiger partial charge in [-0.25, -0.2) is 0 Å². The van der Waals surface area contributed by atoms with Crippen LogP contribution in [0.5, 0.6) is 0 Å². The molecule has 0 atom stereocenters. The first-order chi connectivity index (χ1) is 76.0. The van der Waals surface area contributed by atoms with Gasteiger partial charge >= 0.3 is 0 Å². The van der Waals surface area contributed by atoms with Crippen LogP contribution in [0.15, 0.2) is 485 Å². The van der Waals surface area contributed by atoms with Gasteiger partial charge in [0.15, 0.2) is 0 Å². The zero-order chi connectivity index (χ0) is 108. The molecule has 0 saturated carbocycles. The predicted octanol–water partition coefficient (Wildman–Crippen LogP) is 38.7. The van der Waals surface area contributed by atoms with E-state index in [1.54, 1.807) is 34.0 Å². The summed E-state index contributed by atoms with van der Waals surface area (Å²) >= 11 is 4.66. The van der Waals surface area contributed by atoms with Crippen molar-refractivity contribution in [3.63, 3.8) is 0 Å². The van der Waals surface area contributed by atoms with Crippen molar-refractivity contribution in [3.05, 3.63) is 485 Å². The molecule has 618 valence electrons. The lowest BCUT2D eigenvalue weighted by Crippen LogP contribution is -1.91. The van der Waals surface area contributed by atoms with E-state index in [0.717, 1.165) is 137 Å². The number of hydrogen-bond donors (Lipinski definition) is 0. The molecule has 3 aromatic heterocycles. The van der Waals surface area contributed by atoms with E-state index in [2.05, 4.69) is 60.7 Å². The topological polar surface area (TPSA) is 0 Å². The Morgan fingerprint density at radius 1 is 0.135 bits per heavy atom. The molecule has 28 rings (SSSR count). The van der Waals surface area contributed by atoms with Crippen molar-refractivity contribution in [2.75, 3.05) is 0 Å². The lowest BCUT2D eigenvalue weighted by molar-refractivity contribution is 1.63. The molecule has 0 aliphatic rings. The van der Waals surface area contributed by atoms with E-state index in [-0.39, 0.29) is 137 Å². The van der Waals surface area contributed by atoms with Gasteiger partial charge in [-0.05, 0) is 228 Å². The van der Waals surface area contributed by atoms with Crippen LogP contribution in [-0.2, 0) is 0 Å². The number of rotatable bonds is 9. The Labute approximate surface area is 815 Å². The number of benzene rings is 25. The first-order valence-corrected chi connectivity index (χ1v) is 46.2. The van der Waals surface area contributed by atoms with Crippen molar-refractivity contribution in [2.45, 2.75) is 0 Å². The quantitative estimate of drug-likeness (QED) is 0.0998. The summed E-state index contributed by atoms with van der Waals surface area (Å²) in [6, 6.07) is 103. The van der Waals surface area contributed by atoms with E-state index in [9.17, 15) is 16.4 Å². The number of thiophene rings is 3. The molecular weight excluding hydrogens is 1660 g/mol. The molecule has 0 aliphatic heterocycles. The summed E-state index contributed by atoms with van der Waals surface area (Å²) < 4.78 is 224. The highest BCUT2D eigenvalue weighted by molar-refractivity contribution is 7.27. The fourth-order valence-electron chi connectivity index (χ4n) is 20.1. The highest BCUT2D eigenvalue weighted by atomic mass is 32.1. The summed E-state index contributed by atoms with van der Waals surface area (Å²) in [6.45, 7) is 0. The van der Waals surface area contributed by atoms with Crippen LogP contribution in [0.25, 0.3) is 268 Å². The van der Waals surface area contributed by atoms with Crippen molar-refractivity contribution in [2.24, 2.45) is 0 Å². The molecule has 0 amide bonds. The van der Waals surface area contributed by atoms with Gasteiger partial charge in [0.1, 0.15) is 0 Å². The van der Waals surface area contributed by atoms with Crippen LogP contribution in [0.4, 0.5) is 0 Å². The minimum absolute atomic E-state index is 0.206. The second-order valence-electron chi connectivity index (χ2n) is 33.1. The van der Waals surface area contributed by atoms with Gasteiger partial charge in [0.05, 0.1) is 32.9 Å². The molecule has 25 aromatic carbocycles. The largest absolute Gasteiger partial charge is 0.135 e. The highest BCUT2D eigenvalue weighted by Crippen LogP contribution is 2.54. The van der Waals surface area contributed by atoms with E-state index in [1.165, 1.54) is 0 Å². The molecule has 0 N–H and O–H groups in total. The van der Waals surface area contributed by atoms with E-state index in [0.29, 0.717) is 66.8 Å². The van der Waals surface area contributed by atoms with E-state index in [4.69, 9.17) is 16.4 Å². The first kappa shape index (κ1) is 56.9. The third-order valence-electron chi connectivity index (χ3n) is 25.9. The summed E-state index contributed by atoms with van der Waals surface area (Å²) in [5.74, 6) is 0. The van der Waals surface area contributed by atoms with Gasteiger partial charge in [-0.3, -0.25) is 0 Å². The van der Waals surface area contributed by atoms with E-state index in [1.807, 2.05) is 279 Å². The van der Waals surface area contributed by atoms with Crippen LogP contribution in [-0.4, -0.2) is 0 Å². The van der Waals surface area contributed by atoms with Gasteiger partial charge in [0.25, 0.3) is 0 Å². The van der Waals surface area contributed by atoms with Crippen LogP contribution in [0.3, 0.4) is 0 Å². The molecule has 0 saturated heterocycles. The smallest absolute Gasteiger partial charge is 0.0629 e. The van der Waals surface area contributed by atoms with Crippen molar-refractivity contribution in [1.82, 2.24) is 0 Å². The van der Waals surface area contributed by atoms with Crippen molar-refractivity contribution >= 4 is 202 Å². The third-order valence-corrected chi connectivity index (χ3v) is 29.6. The molecule has 0 unspecified atom stereocenters. The summed E-state index contributed by atoms with van der Waals surface area (Å²) in [5, 5.41) is 17.2. The predicted molar refractivity (Wildman–Crippen MR) is 582 cm³/mol. The second-order valence-corrected chi connectivity index (χ2v) is 36.2. The Balaban J connectivity index is 0.000000117. The Bertz CT molecular complexity index is 10900. The normalized spacial score (nSPS) is 14.3. The lowest BCUT2D eigenvalue weighted by Gasteiger charge is -2.19. The molecule has 0 aliphatic carbocycles. The standard InChI is InChI=1S/C46H28S.2C42H26S/c1-2-16-32-30(13-1)28-42(34-18-4-3-17-33(32)34)29-14-11-15-31(27-29)44-36-20-5-7-22-38(36)45(39-23-8-6-21-37(39)44)41-25-12-24-40-35-19-9-10-26-43(35)47-46(40)41;1-2-16-30-27(12-1)13-10-22-31(30)28-14-9-15-29(26-28)40-33-18-3-5-20-35(33)41(36-21-6-4-19-34(36)40)38-24-11-23-37-32-17-7-8-25-39(32)43-42(37)38;1-2-13-30-27(11-1)12-9-19-31(30)28-23-25-29(26-24-28)40-33-15-3-5-17-35(33)41(36-18-6-4-16-34(36)40)38-21-10-20-37-32-14-7-8-22-39(32)43-42(37)38/h1-28H;2*1-26H/i5D,6D,7D,8D,20D,21D,22D,23D;3D,4D,5D,6D,18D,19D,20D,21D;3D,4D,5D,6D,15D,16D,17D,18D. The Kier molecular flexibility index (Phi) is 13.9. The fourth-order valence-corrected chi connectivity index (χ4v) is 23.8. The van der Waals surface area contributed by atoms with Gasteiger partial charge < -0.3 is 0 Å². The number of hydrogen-bond acceptors (Lipinski definition) is 3. The van der Waals surface area contributed by atoms with Crippen molar-refractivity contribution in [1.29, 1.82) is 0 Å². The molecule has 3 heterocycles. The minimum Gasteiger partial charge on any atom is -0.135 e. The average Bonchev–Trinajstić information content (AvgIpc) is 1.65. The van der Waals surface area contributed by atoms with Crippen LogP contribution in [0.1, 0.15) is 32.9 Å². The first-order valence-electron chi connectivity index (χ1n) is 55.8. The van der Waals surface area contributed by atoms with Crippen LogP contribution in [0, 0.1) is 0 Å². The van der Waals surface area contributed by atoms with Gasteiger partial charge in [-0.15, -0.1) is 34.0 Å². The highest BCUT2D eigenvalue weighted by Gasteiger charge is 2.26. The number of fused-ring (bicyclic) bond motifs is 20. The second kappa shape index (κ2) is 32.4. The summed E-state index contributed by atoms with van der Waals surface area (Å²) in [4.78, 5) is 0. The Hall–Kier alpha value is -16.2. The maximum Gasteiger partial charge on any atom is 0.0629 e. The average molecular weight is 1760 g/mol. The van der Waals surface area contributed by atoms with Crippen molar-refractivity contribution < 1.29 is 32.9 Å². The summed E-state index contributed by atoms with van der Waals surface area (Å²) in [6.07, 6.45) is 0. The molecule has 0 radical (unpaired) electrons. The molecule has 28 aromatic rings. The third kappa shape index (κ3) is 13.1. The maximum atomic E-state index is 9.46. The zero-order valence-electron chi connectivity index (χ0n) is 94.6. The maximum absolute atomic E-state index is 9.46. The fraction of sp³-hybridized carbons (Fsp3) is 0. The van der Waals surface area contributed by atoms with E-state index >= 15 is 0 Å². The molecular formula is C130H80S3. The Morgan fingerprint density at radius 3 is 0.767 bits per heavy atom. The lowest BCUT2D eigenvalue weighted by atomic mass is 9.85. The van der Waals surface area contributed by atoms with E-state index < -0.39 is 72.5 Å². The van der Waals surface area contributed by atoms with Gasteiger partial charge in [0.2, 0.25) is 0 Å². The van der Waals surface area contributed by atoms with Crippen LogP contribution in [0.2, 0.25) is 0 Å². The van der Waals surface area contributed by atoms with Crippen molar-refractivity contribution in [3.8, 4) is 100 Å². The van der Waals surface area contributed by atoms with Gasteiger partial charge in [-0.1, -0.05) is 448 Å². The Morgan fingerprint density at radius 2 is 0.383 bits per heavy atom. The van der Waals surface area contributed by atoms with Crippen LogP contribution >= 0.6 is 34.0 Å². The van der Waals surface area contributed by atoms with Crippen LogP contribution < -0.4 is 0 Å². The monoisotopic (exact) mass is 1760 g/mol. The van der Waals surface area contributed by atoms with Gasteiger partial charge in [0, 0.05) is 77.2 Å². The molecule has 0 spiro atoms. The molecule has 0 fully saturated rings. The summed E-state index contributed by atoms with van der Waals surface area (Å²) in [5.41, 5.74) is 11.4. The molecule has 0 bridgehead atoms. The van der Waals surface area contributed by atoms with Gasteiger partial charge in [-0.2, -0.15) is 0 Å². The zero-order valence-corrected chi connectivity index (χ0v) is 73.0. The molecule has 3 heteroatoms. The summed E-state index contributed by atoms with van der Waals surface area (Å²) in [7, 11) is 0. The molecule has 133 heavy (non-hydrogen) atoms. The SMILES string of the molecule is [2H]c1c([2H])c([2H])c2c(-c3cccc4c3sc3ccccc34)c3c([2H])c([2H])c([2H])c([2H])c3c(-c3ccc(-c4cccc5ccccc45)cc3)c2c1[2H].[2H]c1c([2H])c([2H])c2c(-c3cccc4c3sc3ccccc34)c3c([2H])c([2H])c([2H])c([2H])c3c(-c3cccc(-c4cc5ccccc5c5ccccc45)c3)c2c1[2H].[2H]c1c([2H])c([2H])c2c(-c3cccc4c3sc3ccccc34)c3c([2H])c([2H])c([2H])c([2H])c3c(-c3cccc(-c4cccc5ccccc45)c3)c2c1[2H]. The molecule has 0 nitrogen and oxygen atoms in total.